The summed E-state index contributed by atoms with van der Waals surface area (Å²) >= 11 is 0. The van der Waals surface area contributed by atoms with Gasteiger partial charge in [0.25, 0.3) is 5.91 Å². The van der Waals surface area contributed by atoms with E-state index in [-0.39, 0.29) is 12.5 Å². The summed E-state index contributed by atoms with van der Waals surface area (Å²) in [5, 5.41) is 14.4. The van der Waals surface area contributed by atoms with Gasteiger partial charge in [-0.15, -0.1) is 0 Å². The molecule has 3 rings (SSSR count). The van der Waals surface area contributed by atoms with Crippen LogP contribution in [-0.4, -0.2) is 35.6 Å². The van der Waals surface area contributed by atoms with Crippen LogP contribution >= 0.6 is 0 Å². The molecule has 0 aliphatic heterocycles. The molecule has 0 atom stereocenters. The number of hydrogen-bond acceptors (Lipinski definition) is 7. The molecule has 0 bridgehead atoms. The Balaban J connectivity index is 1.45. The first-order chi connectivity index (χ1) is 11.8. The number of amides is 1. The minimum Gasteiger partial charge on any atom is -0.497 e. The van der Waals surface area contributed by atoms with Crippen molar-refractivity contribution >= 4 is 11.6 Å². The maximum absolute atomic E-state index is 11.8. The van der Waals surface area contributed by atoms with Gasteiger partial charge in [-0.2, -0.15) is 0 Å². The number of nitrogens with zero attached hydrogens (tertiary/aromatic N) is 3. The second kappa shape index (κ2) is 7.58. The summed E-state index contributed by atoms with van der Waals surface area (Å²) in [6, 6.07) is 7.47. The first-order valence-electron chi connectivity index (χ1n) is 7.66. The Morgan fingerprint density at radius 3 is 2.92 bits per heavy atom. The van der Waals surface area contributed by atoms with E-state index in [4.69, 9.17) is 14.2 Å². The molecular formula is C16H18N4O4. The highest BCUT2D eigenvalue weighted by Crippen LogP contribution is 2.18. The van der Waals surface area contributed by atoms with Crippen LogP contribution in [-0.2, 0) is 22.6 Å². The summed E-state index contributed by atoms with van der Waals surface area (Å²) in [5.74, 6) is 0.530. The van der Waals surface area contributed by atoms with E-state index in [9.17, 15) is 4.79 Å². The number of methoxy groups -OCH3 is 1. The van der Waals surface area contributed by atoms with Crippen molar-refractivity contribution in [3.05, 3.63) is 41.2 Å². The van der Waals surface area contributed by atoms with Crippen LogP contribution < -0.4 is 10.1 Å². The second-order valence-electron chi connectivity index (χ2n) is 5.35. The van der Waals surface area contributed by atoms with Gasteiger partial charge in [0.15, 0.2) is 12.3 Å². The number of aryl methyl sites for hydroxylation is 1. The SMILES string of the molecule is COc1ccc(CNC(=O)CO/N=C2\CCCc3nonc32)cc1. The topological polar surface area (TPSA) is 98.8 Å². The number of fused-ring (bicyclic) bond motifs is 1. The van der Waals surface area contributed by atoms with Crippen LogP contribution in [0.1, 0.15) is 29.8 Å². The van der Waals surface area contributed by atoms with Crippen LogP contribution in [0.15, 0.2) is 34.1 Å². The fourth-order valence-corrected chi connectivity index (χ4v) is 2.38. The van der Waals surface area contributed by atoms with Crippen LogP contribution in [0.2, 0.25) is 0 Å². The number of aromatic nitrogens is 2. The van der Waals surface area contributed by atoms with Crippen LogP contribution in [0, 0.1) is 0 Å². The van der Waals surface area contributed by atoms with Crippen LogP contribution in [0.3, 0.4) is 0 Å². The first kappa shape index (κ1) is 16.0. The summed E-state index contributed by atoms with van der Waals surface area (Å²) < 4.78 is 9.79. The predicted octanol–water partition coefficient (Wildman–Crippen LogP) is 1.45. The third-order valence-corrected chi connectivity index (χ3v) is 3.68. The Morgan fingerprint density at radius 2 is 2.12 bits per heavy atom. The van der Waals surface area contributed by atoms with Crippen molar-refractivity contribution in [3.63, 3.8) is 0 Å². The third kappa shape index (κ3) is 3.89. The lowest BCUT2D eigenvalue weighted by Gasteiger charge is -2.09. The average molecular weight is 330 g/mol. The van der Waals surface area contributed by atoms with Crippen LogP contribution in [0.5, 0.6) is 5.75 Å². The number of oxime groups is 1. The molecule has 0 fully saturated rings. The Bertz CT molecular complexity index is 724. The quantitative estimate of drug-likeness (QED) is 0.805. The second-order valence-corrected chi connectivity index (χ2v) is 5.35. The summed E-state index contributed by atoms with van der Waals surface area (Å²) in [7, 11) is 1.61. The van der Waals surface area contributed by atoms with E-state index in [2.05, 4.69) is 20.8 Å². The van der Waals surface area contributed by atoms with E-state index in [0.29, 0.717) is 18.0 Å². The molecule has 1 heterocycles. The molecule has 8 heteroatoms. The zero-order valence-electron chi connectivity index (χ0n) is 13.3. The molecule has 0 saturated carbocycles. The van der Waals surface area contributed by atoms with E-state index in [1.807, 2.05) is 24.3 Å². The van der Waals surface area contributed by atoms with Crippen molar-refractivity contribution in [1.82, 2.24) is 15.6 Å². The number of benzene rings is 1. The summed E-state index contributed by atoms with van der Waals surface area (Å²) in [6.45, 7) is 0.264. The Kier molecular flexibility index (Phi) is 5.05. The smallest absolute Gasteiger partial charge is 0.261 e. The van der Waals surface area contributed by atoms with Gasteiger partial charge in [0.05, 0.1) is 7.11 Å². The number of nitrogens with one attached hydrogen (secondary N) is 1. The number of hydrogen-bond donors (Lipinski definition) is 1. The summed E-state index contributed by atoms with van der Waals surface area (Å²) in [4.78, 5) is 16.9. The van der Waals surface area contributed by atoms with Crippen molar-refractivity contribution < 1.29 is 19.0 Å². The lowest BCUT2D eigenvalue weighted by Crippen LogP contribution is -2.26. The molecule has 24 heavy (non-hydrogen) atoms. The normalized spacial score (nSPS) is 15.0. The van der Waals surface area contributed by atoms with E-state index in [0.717, 1.165) is 36.3 Å². The van der Waals surface area contributed by atoms with Gasteiger partial charge in [-0.3, -0.25) is 4.79 Å². The monoisotopic (exact) mass is 330 g/mol. The lowest BCUT2D eigenvalue weighted by atomic mass is 9.99. The van der Waals surface area contributed by atoms with Gasteiger partial charge < -0.3 is 14.9 Å². The molecule has 0 spiro atoms. The van der Waals surface area contributed by atoms with Crippen molar-refractivity contribution in [3.8, 4) is 5.75 Å². The van der Waals surface area contributed by atoms with Crippen molar-refractivity contribution in [2.24, 2.45) is 5.16 Å². The highest BCUT2D eigenvalue weighted by Gasteiger charge is 2.21. The van der Waals surface area contributed by atoms with Crippen molar-refractivity contribution in [2.45, 2.75) is 25.8 Å². The van der Waals surface area contributed by atoms with Gasteiger partial charge in [-0.05, 0) is 42.1 Å². The highest BCUT2D eigenvalue weighted by atomic mass is 16.6. The summed E-state index contributed by atoms with van der Waals surface area (Å²) in [5.41, 5.74) is 3.05. The van der Waals surface area contributed by atoms with Gasteiger partial charge in [0.1, 0.15) is 17.2 Å². The largest absolute Gasteiger partial charge is 0.497 e. The molecule has 126 valence electrons. The molecule has 0 radical (unpaired) electrons. The molecular weight excluding hydrogens is 312 g/mol. The first-order valence-corrected chi connectivity index (χ1v) is 7.66. The average Bonchev–Trinajstić information content (AvgIpc) is 3.10. The van der Waals surface area contributed by atoms with Crippen LogP contribution in [0.25, 0.3) is 0 Å². The molecule has 0 saturated heterocycles. The Labute approximate surface area is 138 Å². The van der Waals surface area contributed by atoms with Crippen LogP contribution in [0.4, 0.5) is 0 Å². The van der Waals surface area contributed by atoms with Gasteiger partial charge in [0, 0.05) is 6.54 Å². The molecule has 1 aliphatic rings. The molecule has 2 aromatic rings. The zero-order valence-corrected chi connectivity index (χ0v) is 13.3. The van der Waals surface area contributed by atoms with E-state index < -0.39 is 0 Å². The minimum absolute atomic E-state index is 0.153. The maximum Gasteiger partial charge on any atom is 0.261 e. The zero-order chi connectivity index (χ0) is 16.8. The highest BCUT2D eigenvalue weighted by molar-refractivity contribution is 6.00. The molecule has 1 aromatic heterocycles. The number of carbonyl (C=O) groups excluding carboxylic acids is 1. The van der Waals surface area contributed by atoms with E-state index in [1.165, 1.54) is 0 Å². The fraction of sp³-hybridized carbons (Fsp3) is 0.375. The van der Waals surface area contributed by atoms with E-state index >= 15 is 0 Å². The standard InChI is InChI=1S/C16H18N4O4/c1-22-12-7-5-11(6-8-12)9-17-15(21)10-23-18-13-3-2-4-14-16(13)20-24-19-14/h5-8H,2-4,9-10H2,1H3,(H,17,21)/b18-13+. The molecule has 1 amide bonds. The predicted molar refractivity (Wildman–Crippen MR) is 84.6 cm³/mol. The maximum atomic E-state index is 11.8. The van der Waals surface area contributed by atoms with Crippen molar-refractivity contribution in [1.29, 1.82) is 0 Å². The molecule has 8 nitrogen and oxygen atoms in total. The molecule has 1 aliphatic carbocycles. The number of ether oxygens (including phenoxy) is 1. The molecule has 0 unspecified atom stereocenters. The minimum atomic E-state index is -0.246. The number of rotatable bonds is 6. The number of carbonyl (C=O) groups is 1. The third-order valence-electron chi connectivity index (χ3n) is 3.68. The fourth-order valence-electron chi connectivity index (χ4n) is 2.38. The van der Waals surface area contributed by atoms with Crippen molar-refractivity contribution in [2.75, 3.05) is 13.7 Å². The van der Waals surface area contributed by atoms with E-state index in [1.54, 1.807) is 7.11 Å². The van der Waals surface area contributed by atoms with Gasteiger partial charge >= 0.3 is 0 Å². The summed E-state index contributed by atoms with van der Waals surface area (Å²) in [6.07, 6.45) is 2.46. The van der Waals surface area contributed by atoms with Gasteiger partial charge in [0.2, 0.25) is 0 Å². The lowest BCUT2D eigenvalue weighted by molar-refractivity contribution is -0.125. The molecule has 1 aromatic carbocycles. The van der Waals surface area contributed by atoms with Gasteiger partial charge in [-0.25, -0.2) is 4.63 Å². The Morgan fingerprint density at radius 1 is 1.29 bits per heavy atom. The Hall–Kier alpha value is -2.90. The molecule has 1 N–H and O–H groups in total. The van der Waals surface area contributed by atoms with Gasteiger partial charge in [-0.1, -0.05) is 22.4 Å².